The molecule has 1 atom stereocenters. The van der Waals surface area contributed by atoms with Gasteiger partial charge in [-0.15, -0.1) is 11.3 Å². The highest BCUT2D eigenvalue weighted by molar-refractivity contribution is 7.11. The Kier molecular flexibility index (Phi) is 4.49. The molecule has 0 bridgehead atoms. The summed E-state index contributed by atoms with van der Waals surface area (Å²) < 4.78 is 1.93. The lowest BCUT2D eigenvalue weighted by Crippen LogP contribution is -2.28. The zero-order valence-corrected chi connectivity index (χ0v) is 12.0. The van der Waals surface area contributed by atoms with Crippen molar-refractivity contribution in [3.05, 3.63) is 34.0 Å². The van der Waals surface area contributed by atoms with E-state index >= 15 is 0 Å². The quantitative estimate of drug-likeness (QED) is 0.871. The normalized spacial score (nSPS) is 12.8. The fraction of sp³-hybridized carbons (Fsp3) is 0.538. The van der Waals surface area contributed by atoms with Gasteiger partial charge in [-0.3, -0.25) is 0 Å². The minimum Gasteiger partial charge on any atom is -0.307 e. The lowest BCUT2D eigenvalue weighted by atomic mass is 10.2. The van der Waals surface area contributed by atoms with Gasteiger partial charge >= 0.3 is 0 Å². The smallest absolute Gasteiger partial charge is 0.140 e. The maximum atomic E-state index is 4.26. The second-order valence-corrected chi connectivity index (χ2v) is 5.86. The first kappa shape index (κ1) is 13.2. The number of aromatic nitrogens is 3. The average molecular weight is 264 g/mol. The van der Waals surface area contributed by atoms with E-state index in [1.165, 1.54) is 9.75 Å². The number of hydrogen-bond donors (Lipinski definition) is 1. The Balaban J connectivity index is 1.83. The van der Waals surface area contributed by atoms with Crippen LogP contribution in [-0.4, -0.2) is 20.8 Å². The first-order valence-corrected chi connectivity index (χ1v) is 7.16. The molecular formula is C13H20N4S. The van der Waals surface area contributed by atoms with Crippen molar-refractivity contribution in [1.29, 1.82) is 0 Å². The van der Waals surface area contributed by atoms with Crippen molar-refractivity contribution in [2.45, 2.75) is 46.3 Å². The van der Waals surface area contributed by atoms with Crippen molar-refractivity contribution in [1.82, 2.24) is 20.1 Å². The van der Waals surface area contributed by atoms with Crippen LogP contribution in [0.2, 0.25) is 0 Å². The molecule has 1 N–H and O–H groups in total. The highest BCUT2D eigenvalue weighted by Gasteiger charge is 2.07. The van der Waals surface area contributed by atoms with E-state index in [1.54, 1.807) is 6.33 Å². The molecule has 0 spiro atoms. The summed E-state index contributed by atoms with van der Waals surface area (Å²) in [5.74, 6) is 1.01. The van der Waals surface area contributed by atoms with E-state index in [1.807, 2.05) is 16.0 Å². The molecule has 98 valence electrons. The third-order valence-electron chi connectivity index (χ3n) is 2.91. The summed E-state index contributed by atoms with van der Waals surface area (Å²) in [6.07, 6.45) is 2.69. The van der Waals surface area contributed by atoms with Crippen LogP contribution in [0.25, 0.3) is 0 Å². The summed E-state index contributed by atoms with van der Waals surface area (Å²) in [5.41, 5.74) is 0. The van der Waals surface area contributed by atoms with Crippen LogP contribution in [-0.2, 0) is 19.5 Å². The van der Waals surface area contributed by atoms with Gasteiger partial charge in [0.15, 0.2) is 0 Å². The zero-order valence-electron chi connectivity index (χ0n) is 11.2. The summed E-state index contributed by atoms with van der Waals surface area (Å²) >= 11 is 1.87. The molecule has 0 aliphatic heterocycles. The zero-order chi connectivity index (χ0) is 13.0. The second kappa shape index (κ2) is 6.11. The summed E-state index contributed by atoms with van der Waals surface area (Å²) in [5, 5.41) is 7.67. The van der Waals surface area contributed by atoms with Crippen LogP contribution in [0.4, 0.5) is 0 Å². The molecule has 0 aromatic carbocycles. The number of hydrogen-bond acceptors (Lipinski definition) is 4. The lowest BCUT2D eigenvalue weighted by Gasteiger charge is -2.12. The topological polar surface area (TPSA) is 42.7 Å². The highest BCUT2D eigenvalue weighted by atomic mass is 32.1. The van der Waals surface area contributed by atoms with E-state index in [4.69, 9.17) is 0 Å². The van der Waals surface area contributed by atoms with Gasteiger partial charge in [0, 0.05) is 22.3 Å². The van der Waals surface area contributed by atoms with Crippen LogP contribution in [0.15, 0.2) is 18.5 Å². The van der Waals surface area contributed by atoms with Crippen molar-refractivity contribution in [3.8, 4) is 0 Å². The molecule has 18 heavy (non-hydrogen) atoms. The van der Waals surface area contributed by atoms with Crippen molar-refractivity contribution in [2.75, 3.05) is 0 Å². The fourth-order valence-corrected chi connectivity index (χ4v) is 2.94. The Bertz CT molecular complexity index is 489. The van der Waals surface area contributed by atoms with Crippen LogP contribution >= 0.6 is 11.3 Å². The molecule has 2 aromatic heterocycles. The molecule has 0 aliphatic rings. The number of rotatable bonds is 6. The average Bonchev–Trinajstić information content (AvgIpc) is 2.95. The molecule has 0 radical (unpaired) electrons. The molecule has 2 heterocycles. The predicted molar refractivity (Wildman–Crippen MR) is 74.8 cm³/mol. The Hall–Kier alpha value is -1.20. The standard InChI is InChI=1S/C13H20N4S/c1-4-17-13(15-9-16-17)8-14-10(2)7-12-6-5-11(3)18-12/h5-6,9-10,14H,4,7-8H2,1-3H3. The first-order valence-electron chi connectivity index (χ1n) is 6.34. The maximum Gasteiger partial charge on any atom is 0.140 e. The van der Waals surface area contributed by atoms with Gasteiger partial charge in [0.05, 0.1) is 6.54 Å². The van der Waals surface area contributed by atoms with Gasteiger partial charge < -0.3 is 5.32 Å². The Morgan fingerprint density at radius 1 is 1.44 bits per heavy atom. The van der Waals surface area contributed by atoms with Crippen LogP contribution < -0.4 is 5.32 Å². The summed E-state index contributed by atoms with van der Waals surface area (Å²) in [6, 6.07) is 4.85. The number of nitrogens with one attached hydrogen (secondary N) is 1. The van der Waals surface area contributed by atoms with E-state index in [-0.39, 0.29) is 0 Å². The molecule has 0 aliphatic carbocycles. The van der Waals surface area contributed by atoms with Crippen LogP contribution in [0.1, 0.15) is 29.4 Å². The van der Waals surface area contributed by atoms with E-state index in [2.05, 4.69) is 48.3 Å². The van der Waals surface area contributed by atoms with Crippen molar-refractivity contribution in [2.24, 2.45) is 0 Å². The third kappa shape index (κ3) is 3.40. The SMILES string of the molecule is CCn1ncnc1CNC(C)Cc1ccc(C)s1. The summed E-state index contributed by atoms with van der Waals surface area (Å²) in [4.78, 5) is 7.07. The molecule has 2 rings (SSSR count). The van der Waals surface area contributed by atoms with Crippen LogP contribution in [0, 0.1) is 6.92 Å². The largest absolute Gasteiger partial charge is 0.307 e. The Labute approximate surface area is 112 Å². The highest BCUT2D eigenvalue weighted by Crippen LogP contribution is 2.16. The number of aryl methyl sites for hydroxylation is 2. The molecule has 5 heteroatoms. The van der Waals surface area contributed by atoms with Gasteiger partial charge in [-0.2, -0.15) is 5.10 Å². The second-order valence-electron chi connectivity index (χ2n) is 4.49. The Morgan fingerprint density at radius 2 is 2.28 bits per heavy atom. The van der Waals surface area contributed by atoms with E-state index in [0.29, 0.717) is 6.04 Å². The molecular weight excluding hydrogens is 244 g/mol. The monoisotopic (exact) mass is 264 g/mol. The molecule has 2 aromatic rings. The molecule has 0 saturated carbocycles. The van der Waals surface area contributed by atoms with Crippen LogP contribution in [0.5, 0.6) is 0 Å². The fourth-order valence-electron chi connectivity index (χ4n) is 1.92. The van der Waals surface area contributed by atoms with E-state index < -0.39 is 0 Å². The van der Waals surface area contributed by atoms with E-state index in [0.717, 1.165) is 25.3 Å². The van der Waals surface area contributed by atoms with Crippen molar-refractivity contribution >= 4 is 11.3 Å². The first-order chi connectivity index (χ1) is 8.69. The predicted octanol–water partition coefficient (Wildman–Crippen LogP) is 2.39. The van der Waals surface area contributed by atoms with Crippen LogP contribution in [0.3, 0.4) is 0 Å². The molecule has 1 unspecified atom stereocenters. The number of thiophene rings is 1. The van der Waals surface area contributed by atoms with E-state index in [9.17, 15) is 0 Å². The Morgan fingerprint density at radius 3 is 2.94 bits per heavy atom. The minimum absolute atomic E-state index is 0.449. The third-order valence-corrected chi connectivity index (χ3v) is 3.93. The van der Waals surface area contributed by atoms with Gasteiger partial charge in [0.1, 0.15) is 12.2 Å². The maximum absolute atomic E-state index is 4.26. The van der Waals surface area contributed by atoms with Gasteiger partial charge in [0.25, 0.3) is 0 Å². The number of nitrogens with zero attached hydrogens (tertiary/aromatic N) is 3. The molecule has 0 amide bonds. The minimum atomic E-state index is 0.449. The lowest BCUT2D eigenvalue weighted by molar-refractivity contribution is 0.509. The van der Waals surface area contributed by atoms with Gasteiger partial charge in [-0.1, -0.05) is 0 Å². The van der Waals surface area contributed by atoms with Crippen molar-refractivity contribution < 1.29 is 0 Å². The summed E-state index contributed by atoms with van der Waals surface area (Å²) in [6.45, 7) is 8.09. The summed E-state index contributed by atoms with van der Waals surface area (Å²) in [7, 11) is 0. The molecule has 0 saturated heterocycles. The van der Waals surface area contributed by atoms with Gasteiger partial charge in [-0.05, 0) is 39.3 Å². The van der Waals surface area contributed by atoms with Gasteiger partial charge in [-0.25, -0.2) is 9.67 Å². The van der Waals surface area contributed by atoms with Crippen molar-refractivity contribution in [3.63, 3.8) is 0 Å². The van der Waals surface area contributed by atoms with Gasteiger partial charge in [0.2, 0.25) is 0 Å². The molecule has 4 nitrogen and oxygen atoms in total. The molecule has 0 fully saturated rings.